The Morgan fingerprint density at radius 2 is 1.86 bits per heavy atom. The summed E-state index contributed by atoms with van der Waals surface area (Å²) < 4.78 is 5.86. The second-order valence-electron chi connectivity index (χ2n) is 5.77. The molecule has 2 aromatic carbocycles. The van der Waals surface area contributed by atoms with Gasteiger partial charge in [-0.25, -0.2) is 4.79 Å². The van der Waals surface area contributed by atoms with Gasteiger partial charge in [0.1, 0.15) is 22.7 Å². The molecule has 3 rings (SSSR count). The topological polar surface area (TPSA) is 66.8 Å². The molecule has 0 atom stereocenters. The van der Waals surface area contributed by atoms with Crippen LogP contribution in [0, 0.1) is 0 Å². The molecule has 0 aliphatic carbocycles. The summed E-state index contributed by atoms with van der Waals surface area (Å²) in [6.07, 6.45) is 3.50. The molecule has 0 saturated heterocycles. The lowest BCUT2D eigenvalue weighted by Gasteiger charge is -2.29. The SMILES string of the molecule is CC1(C)C=Cc2c(cc(-c3ccccc3)c(C(=O)O)c2O)O1. The first kappa shape index (κ1) is 14.2. The fourth-order valence-corrected chi connectivity index (χ4v) is 2.57. The van der Waals surface area contributed by atoms with Crippen LogP contribution in [0.25, 0.3) is 17.2 Å². The predicted octanol–water partition coefficient (Wildman–Crippen LogP) is 3.94. The number of rotatable bonds is 2. The molecule has 4 heteroatoms. The van der Waals surface area contributed by atoms with Crippen molar-refractivity contribution in [1.82, 2.24) is 0 Å². The zero-order chi connectivity index (χ0) is 15.9. The van der Waals surface area contributed by atoms with E-state index in [1.807, 2.05) is 32.0 Å². The van der Waals surface area contributed by atoms with Crippen molar-refractivity contribution in [1.29, 1.82) is 0 Å². The van der Waals surface area contributed by atoms with Crippen molar-refractivity contribution < 1.29 is 19.7 Å². The summed E-state index contributed by atoms with van der Waals surface area (Å²) >= 11 is 0. The minimum Gasteiger partial charge on any atom is -0.506 e. The van der Waals surface area contributed by atoms with Gasteiger partial charge in [-0.2, -0.15) is 0 Å². The van der Waals surface area contributed by atoms with Gasteiger partial charge in [0, 0.05) is 5.56 Å². The number of ether oxygens (including phenoxy) is 1. The predicted molar refractivity (Wildman–Crippen MR) is 84.2 cm³/mol. The lowest BCUT2D eigenvalue weighted by Crippen LogP contribution is -2.27. The maximum Gasteiger partial charge on any atom is 0.340 e. The Labute approximate surface area is 128 Å². The largest absolute Gasteiger partial charge is 0.506 e. The number of benzene rings is 2. The van der Waals surface area contributed by atoms with Crippen LogP contribution in [0.3, 0.4) is 0 Å². The van der Waals surface area contributed by atoms with Crippen LogP contribution in [0.4, 0.5) is 0 Å². The number of phenols is 1. The van der Waals surface area contributed by atoms with Crippen molar-refractivity contribution in [2.45, 2.75) is 19.4 Å². The van der Waals surface area contributed by atoms with E-state index in [-0.39, 0.29) is 11.3 Å². The lowest BCUT2D eigenvalue weighted by atomic mass is 9.93. The lowest BCUT2D eigenvalue weighted by molar-refractivity contribution is 0.0694. The minimum absolute atomic E-state index is 0.113. The third kappa shape index (κ3) is 2.33. The Kier molecular flexibility index (Phi) is 3.17. The van der Waals surface area contributed by atoms with Crippen molar-refractivity contribution in [2.75, 3.05) is 0 Å². The third-order valence-corrected chi connectivity index (χ3v) is 3.63. The molecule has 112 valence electrons. The van der Waals surface area contributed by atoms with Gasteiger partial charge in [0.25, 0.3) is 0 Å². The molecule has 0 amide bonds. The molecule has 1 aliphatic heterocycles. The van der Waals surface area contributed by atoms with E-state index in [1.165, 1.54) is 0 Å². The highest BCUT2D eigenvalue weighted by molar-refractivity contribution is 6.01. The van der Waals surface area contributed by atoms with Gasteiger partial charge < -0.3 is 14.9 Å². The van der Waals surface area contributed by atoms with Crippen LogP contribution in [0.5, 0.6) is 11.5 Å². The molecule has 4 nitrogen and oxygen atoms in total. The minimum atomic E-state index is -1.17. The normalized spacial score (nSPS) is 15.0. The van der Waals surface area contributed by atoms with Crippen LogP contribution < -0.4 is 4.74 Å². The quantitative estimate of drug-likeness (QED) is 0.880. The van der Waals surface area contributed by atoms with Gasteiger partial charge in [-0.3, -0.25) is 0 Å². The Hall–Kier alpha value is -2.75. The van der Waals surface area contributed by atoms with Crippen LogP contribution in [-0.4, -0.2) is 21.8 Å². The third-order valence-electron chi connectivity index (χ3n) is 3.63. The average Bonchev–Trinajstić information content (AvgIpc) is 2.46. The van der Waals surface area contributed by atoms with E-state index in [1.54, 1.807) is 30.4 Å². The van der Waals surface area contributed by atoms with E-state index in [0.717, 1.165) is 0 Å². The summed E-state index contributed by atoms with van der Waals surface area (Å²) in [5.41, 5.74) is 0.941. The molecule has 0 spiro atoms. The second kappa shape index (κ2) is 4.91. The van der Waals surface area contributed by atoms with E-state index in [2.05, 4.69) is 0 Å². The average molecular weight is 296 g/mol. The van der Waals surface area contributed by atoms with Crippen molar-refractivity contribution in [3.8, 4) is 22.6 Å². The van der Waals surface area contributed by atoms with Crippen LogP contribution >= 0.6 is 0 Å². The maximum atomic E-state index is 11.6. The summed E-state index contributed by atoms with van der Waals surface area (Å²) in [4.78, 5) is 11.6. The fourth-order valence-electron chi connectivity index (χ4n) is 2.57. The molecular formula is C18H16O4. The van der Waals surface area contributed by atoms with Crippen LogP contribution in [0.15, 0.2) is 42.5 Å². The number of aromatic carboxylic acids is 1. The van der Waals surface area contributed by atoms with Crippen LogP contribution in [0.2, 0.25) is 0 Å². The van der Waals surface area contributed by atoms with Gasteiger partial charge in [-0.1, -0.05) is 30.3 Å². The number of hydrogen-bond donors (Lipinski definition) is 2. The van der Waals surface area contributed by atoms with Crippen LogP contribution in [-0.2, 0) is 0 Å². The Balaban J connectivity index is 2.29. The Bertz CT molecular complexity index is 773. The van der Waals surface area contributed by atoms with Gasteiger partial charge in [0.2, 0.25) is 0 Å². The van der Waals surface area contributed by atoms with Crippen molar-refractivity contribution in [3.63, 3.8) is 0 Å². The van der Waals surface area contributed by atoms with Crippen molar-refractivity contribution in [3.05, 3.63) is 53.6 Å². The summed E-state index contributed by atoms with van der Waals surface area (Å²) in [6, 6.07) is 10.8. The van der Waals surface area contributed by atoms with E-state index in [9.17, 15) is 15.0 Å². The second-order valence-corrected chi connectivity index (χ2v) is 5.77. The summed E-state index contributed by atoms with van der Waals surface area (Å²) in [5.74, 6) is -0.957. The molecule has 0 bridgehead atoms. The van der Waals surface area contributed by atoms with E-state index < -0.39 is 11.6 Å². The standard InChI is InChI=1S/C18H16O4/c1-18(2)9-8-12-14(22-18)10-13(11-6-4-3-5-7-11)15(16(12)19)17(20)21/h3-10,19H,1-2H3,(H,20,21). The van der Waals surface area contributed by atoms with Gasteiger partial charge in [-0.15, -0.1) is 0 Å². The summed E-state index contributed by atoms with van der Waals surface area (Å²) in [5, 5.41) is 19.9. The van der Waals surface area contributed by atoms with E-state index >= 15 is 0 Å². The molecule has 22 heavy (non-hydrogen) atoms. The molecular weight excluding hydrogens is 280 g/mol. The molecule has 0 aromatic heterocycles. The number of aromatic hydroxyl groups is 1. The molecule has 0 unspecified atom stereocenters. The van der Waals surface area contributed by atoms with Gasteiger partial charge in [0.15, 0.2) is 0 Å². The number of carbonyl (C=O) groups is 1. The van der Waals surface area contributed by atoms with Crippen LogP contribution in [0.1, 0.15) is 29.8 Å². The molecule has 1 heterocycles. The molecule has 2 N–H and O–H groups in total. The zero-order valence-corrected chi connectivity index (χ0v) is 12.3. The highest BCUT2D eigenvalue weighted by Gasteiger charge is 2.28. The monoisotopic (exact) mass is 296 g/mol. The smallest absolute Gasteiger partial charge is 0.340 e. The number of fused-ring (bicyclic) bond motifs is 1. The first-order valence-electron chi connectivity index (χ1n) is 6.96. The summed E-state index contributed by atoms with van der Waals surface area (Å²) in [7, 11) is 0. The van der Waals surface area contributed by atoms with E-state index in [4.69, 9.17) is 4.74 Å². The van der Waals surface area contributed by atoms with Crippen molar-refractivity contribution in [2.24, 2.45) is 0 Å². The van der Waals surface area contributed by atoms with Gasteiger partial charge in [-0.05, 0) is 37.6 Å². The molecule has 2 aromatic rings. The fraction of sp³-hybridized carbons (Fsp3) is 0.167. The Morgan fingerprint density at radius 3 is 2.50 bits per heavy atom. The molecule has 0 saturated carbocycles. The first-order chi connectivity index (χ1) is 10.4. The molecule has 0 fully saturated rings. The number of carboxylic acid groups (broad SMARTS) is 1. The first-order valence-corrected chi connectivity index (χ1v) is 6.96. The van der Waals surface area contributed by atoms with Gasteiger partial charge in [0.05, 0.1) is 5.56 Å². The molecule has 1 aliphatic rings. The highest BCUT2D eigenvalue weighted by Crippen LogP contribution is 2.43. The summed E-state index contributed by atoms with van der Waals surface area (Å²) in [6.45, 7) is 3.80. The highest BCUT2D eigenvalue weighted by atomic mass is 16.5. The Morgan fingerprint density at radius 1 is 1.18 bits per heavy atom. The molecule has 0 radical (unpaired) electrons. The zero-order valence-electron chi connectivity index (χ0n) is 12.3. The van der Waals surface area contributed by atoms with E-state index in [0.29, 0.717) is 22.4 Å². The number of hydrogen-bond acceptors (Lipinski definition) is 3. The number of carboxylic acids is 1. The maximum absolute atomic E-state index is 11.6. The van der Waals surface area contributed by atoms with Gasteiger partial charge >= 0.3 is 5.97 Å². The van der Waals surface area contributed by atoms with Crippen molar-refractivity contribution >= 4 is 12.0 Å².